The first kappa shape index (κ1) is 15.5. The highest BCUT2D eigenvalue weighted by Gasteiger charge is 2.22. The molecule has 2 rings (SSSR count). The number of ether oxygens (including phenoxy) is 1. The highest BCUT2D eigenvalue weighted by Crippen LogP contribution is 2.21. The van der Waals surface area contributed by atoms with Crippen LogP contribution in [0, 0.1) is 13.8 Å². The molecule has 112 valence electrons. The Morgan fingerprint density at radius 3 is 2.65 bits per heavy atom. The minimum absolute atomic E-state index is 0.334. The molecule has 0 spiro atoms. The predicted molar refractivity (Wildman–Crippen MR) is 82.0 cm³/mol. The van der Waals surface area contributed by atoms with Crippen molar-refractivity contribution in [3.05, 3.63) is 34.9 Å². The fourth-order valence-corrected chi connectivity index (χ4v) is 3.10. The Morgan fingerprint density at radius 2 is 2.00 bits per heavy atom. The Bertz CT molecular complexity index is 411. The lowest BCUT2D eigenvalue weighted by molar-refractivity contribution is -0.00706. The standard InChI is InChI=1S/C17H27NO2/c1-4-20-16-6-5-7-18(11-16)12-17(19)15-9-13(2)8-14(3)10-15/h8-10,16-17,19H,4-7,11-12H2,1-3H3. The van der Waals surface area contributed by atoms with E-state index in [0.717, 1.165) is 38.1 Å². The van der Waals surface area contributed by atoms with E-state index in [1.165, 1.54) is 11.1 Å². The van der Waals surface area contributed by atoms with Crippen molar-refractivity contribution in [1.29, 1.82) is 0 Å². The second-order valence-corrected chi connectivity index (χ2v) is 5.92. The SMILES string of the molecule is CCOC1CCCN(CC(O)c2cc(C)cc(C)c2)C1. The molecule has 1 N–H and O–H groups in total. The third-order valence-electron chi connectivity index (χ3n) is 3.92. The molecule has 1 aromatic rings. The lowest BCUT2D eigenvalue weighted by Gasteiger charge is -2.33. The second kappa shape index (κ2) is 7.21. The van der Waals surface area contributed by atoms with Crippen molar-refractivity contribution in [3.63, 3.8) is 0 Å². The van der Waals surface area contributed by atoms with E-state index >= 15 is 0 Å². The van der Waals surface area contributed by atoms with Crippen molar-refractivity contribution in [3.8, 4) is 0 Å². The van der Waals surface area contributed by atoms with Gasteiger partial charge in [-0.1, -0.05) is 29.3 Å². The normalized spacial score (nSPS) is 21.9. The van der Waals surface area contributed by atoms with Crippen LogP contribution in [0.4, 0.5) is 0 Å². The molecule has 3 heteroatoms. The van der Waals surface area contributed by atoms with Gasteiger partial charge in [0.2, 0.25) is 0 Å². The van der Waals surface area contributed by atoms with Gasteiger partial charge in [-0.05, 0) is 45.7 Å². The molecule has 2 unspecified atom stereocenters. The lowest BCUT2D eigenvalue weighted by atomic mass is 10.0. The summed E-state index contributed by atoms with van der Waals surface area (Å²) in [5.41, 5.74) is 3.45. The lowest BCUT2D eigenvalue weighted by Crippen LogP contribution is -2.41. The molecule has 0 aromatic heterocycles. The quantitative estimate of drug-likeness (QED) is 0.898. The number of benzene rings is 1. The fraction of sp³-hybridized carbons (Fsp3) is 0.647. The van der Waals surface area contributed by atoms with Crippen molar-refractivity contribution in [1.82, 2.24) is 4.90 Å². The van der Waals surface area contributed by atoms with E-state index in [9.17, 15) is 5.11 Å². The van der Waals surface area contributed by atoms with Crippen LogP contribution in [0.25, 0.3) is 0 Å². The molecule has 1 aliphatic rings. The molecule has 0 bridgehead atoms. The average molecular weight is 277 g/mol. The van der Waals surface area contributed by atoms with Crippen LogP contribution in [0.3, 0.4) is 0 Å². The molecule has 3 nitrogen and oxygen atoms in total. The van der Waals surface area contributed by atoms with Gasteiger partial charge in [-0.25, -0.2) is 0 Å². The van der Waals surface area contributed by atoms with E-state index in [1.807, 2.05) is 6.92 Å². The van der Waals surface area contributed by atoms with Crippen LogP contribution < -0.4 is 0 Å². The van der Waals surface area contributed by atoms with Crippen molar-refractivity contribution in [2.45, 2.75) is 45.8 Å². The Hall–Kier alpha value is -0.900. The van der Waals surface area contributed by atoms with Gasteiger partial charge in [-0.2, -0.15) is 0 Å². The van der Waals surface area contributed by atoms with Gasteiger partial charge >= 0.3 is 0 Å². The zero-order valence-electron chi connectivity index (χ0n) is 12.9. The van der Waals surface area contributed by atoms with Crippen molar-refractivity contribution >= 4 is 0 Å². The number of β-amino-alcohol motifs (C(OH)–C–C–N with tert-alkyl or cyclic N) is 1. The van der Waals surface area contributed by atoms with Gasteiger partial charge < -0.3 is 9.84 Å². The van der Waals surface area contributed by atoms with Crippen LogP contribution >= 0.6 is 0 Å². The number of hydrogen-bond acceptors (Lipinski definition) is 3. The number of aliphatic hydroxyl groups is 1. The number of aryl methyl sites for hydroxylation is 2. The topological polar surface area (TPSA) is 32.7 Å². The van der Waals surface area contributed by atoms with Gasteiger partial charge in [0.05, 0.1) is 12.2 Å². The summed E-state index contributed by atoms with van der Waals surface area (Å²) in [5, 5.41) is 10.5. The molecular formula is C17H27NO2. The van der Waals surface area contributed by atoms with Crippen LogP contribution in [0.1, 0.15) is 42.6 Å². The summed E-state index contributed by atoms with van der Waals surface area (Å²) in [4.78, 5) is 2.33. The molecule has 1 aromatic carbocycles. The second-order valence-electron chi connectivity index (χ2n) is 5.92. The fourth-order valence-electron chi connectivity index (χ4n) is 3.10. The minimum Gasteiger partial charge on any atom is -0.387 e. The third-order valence-corrected chi connectivity index (χ3v) is 3.92. The Labute approximate surface area is 122 Å². The number of aliphatic hydroxyl groups excluding tert-OH is 1. The van der Waals surface area contributed by atoms with Gasteiger partial charge in [0.15, 0.2) is 0 Å². The Kier molecular flexibility index (Phi) is 5.58. The van der Waals surface area contributed by atoms with E-state index < -0.39 is 6.10 Å². The van der Waals surface area contributed by atoms with Gasteiger partial charge in [-0.15, -0.1) is 0 Å². The molecule has 0 radical (unpaired) electrons. The van der Waals surface area contributed by atoms with Crippen LogP contribution in [0.5, 0.6) is 0 Å². The smallest absolute Gasteiger partial charge is 0.0917 e. The molecule has 0 aliphatic carbocycles. The van der Waals surface area contributed by atoms with E-state index in [4.69, 9.17) is 4.74 Å². The van der Waals surface area contributed by atoms with Crippen LogP contribution in [-0.4, -0.2) is 42.4 Å². The number of likely N-dealkylation sites (tertiary alicyclic amines) is 1. The highest BCUT2D eigenvalue weighted by atomic mass is 16.5. The van der Waals surface area contributed by atoms with Crippen LogP contribution in [-0.2, 0) is 4.74 Å². The number of piperidine rings is 1. The monoisotopic (exact) mass is 277 g/mol. The third kappa shape index (κ3) is 4.30. The molecule has 1 saturated heterocycles. The summed E-state index contributed by atoms with van der Waals surface area (Å²) in [7, 11) is 0. The van der Waals surface area contributed by atoms with Gasteiger partial charge in [-0.3, -0.25) is 4.90 Å². The summed E-state index contributed by atoms with van der Waals surface area (Å²) in [6, 6.07) is 6.31. The summed E-state index contributed by atoms with van der Waals surface area (Å²) in [6.45, 7) is 9.68. The zero-order valence-corrected chi connectivity index (χ0v) is 12.9. The van der Waals surface area contributed by atoms with Gasteiger partial charge in [0.1, 0.15) is 0 Å². The largest absolute Gasteiger partial charge is 0.387 e. The predicted octanol–water partition coefficient (Wildman–Crippen LogP) is 2.84. The summed E-state index contributed by atoms with van der Waals surface area (Å²) in [6.07, 6.45) is 2.22. The molecule has 1 heterocycles. The van der Waals surface area contributed by atoms with E-state index in [0.29, 0.717) is 12.6 Å². The van der Waals surface area contributed by atoms with E-state index in [-0.39, 0.29) is 0 Å². The molecule has 1 aliphatic heterocycles. The molecule has 20 heavy (non-hydrogen) atoms. The van der Waals surface area contributed by atoms with Crippen molar-refractivity contribution < 1.29 is 9.84 Å². The molecule has 2 atom stereocenters. The maximum atomic E-state index is 10.5. The number of nitrogens with zero attached hydrogens (tertiary/aromatic N) is 1. The van der Waals surface area contributed by atoms with E-state index in [1.54, 1.807) is 0 Å². The summed E-state index contributed by atoms with van der Waals surface area (Å²) in [5.74, 6) is 0. The Morgan fingerprint density at radius 1 is 1.30 bits per heavy atom. The first-order valence-corrected chi connectivity index (χ1v) is 7.68. The summed E-state index contributed by atoms with van der Waals surface area (Å²) >= 11 is 0. The van der Waals surface area contributed by atoms with Crippen LogP contribution in [0.2, 0.25) is 0 Å². The van der Waals surface area contributed by atoms with E-state index in [2.05, 4.69) is 36.9 Å². The zero-order chi connectivity index (χ0) is 14.5. The maximum absolute atomic E-state index is 10.5. The maximum Gasteiger partial charge on any atom is 0.0917 e. The number of hydrogen-bond donors (Lipinski definition) is 1. The van der Waals surface area contributed by atoms with Gasteiger partial charge in [0, 0.05) is 19.7 Å². The molecule has 1 fully saturated rings. The molecule has 0 saturated carbocycles. The average Bonchev–Trinajstić information content (AvgIpc) is 2.38. The highest BCUT2D eigenvalue weighted by molar-refractivity contribution is 5.30. The number of rotatable bonds is 5. The summed E-state index contributed by atoms with van der Waals surface area (Å²) < 4.78 is 5.72. The molecular weight excluding hydrogens is 250 g/mol. The van der Waals surface area contributed by atoms with Crippen molar-refractivity contribution in [2.24, 2.45) is 0 Å². The van der Waals surface area contributed by atoms with Crippen LogP contribution in [0.15, 0.2) is 18.2 Å². The van der Waals surface area contributed by atoms with Crippen molar-refractivity contribution in [2.75, 3.05) is 26.2 Å². The van der Waals surface area contributed by atoms with Gasteiger partial charge in [0.25, 0.3) is 0 Å². The Balaban J connectivity index is 1.94. The minimum atomic E-state index is -0.408. The first-order valence-electron chi connectivity index (χ1n) is 7.68. The first-order chi connectivity index (χ1) is 9.58. The molecule has 0 amide bonds.